The summed E-state index contributed by atoms with van der Waals surface area (Å²) in [6, 6.07) is 10.5. The molecular formula is C17H18O. The molecule has 0 N–H and O–H groups in total. The third-order valence-electron chi connectivity index (χ3n) is 4.13. The van der Waals surface area contributed by atoms with Gasteiger partial charge in [-0.15, -0.1) is 0 Å². The summed E-state index contributed by atoms with van der Waals surface area (Å²) < 4.78 is 0. The molecule has 1 heteroatoms. The first kappa shape index (κ1) is 11.5. The minimum absolute atomic E-state index is 0.365. The number of carbonyl (C=O) groups excluding carboxylic acids is 1. The van der Waals surface area contributed by atoms with Crippen LogP contribution in [0, 0.1) is 5.92 Å². The van der Waals surface area contributed by atoms with Crippen LogP contribution in [0.15, 0.2) is 54.1 Å². The first-order chi connectivity index (χ1) is 8.86. The second-order valence-corrected chi connectivity index (χ2v) is 5.19. The Morgan fingerprint density at radius 3 is 2.67 bits per heavy atom. The minimum atomic E-state index is 0.365. The number of allylic oxidation sites excluding steroid dienone is 4. The van der Waals surface area contributed by atoms with Crippen molar-refractivity contribution < 1.29 is 4.79 Å². The first-order valence-corrected chi connectivity index (χ1v) is 6.79. The molecule has 1 unspecified atom stereocenters. The maximum atomic E-state index is 12.2. The van der Waals surface area contributed by atoms with Crippen molar-refractivity contribution in [3.8, 4) is 0 Å². The second-order valence-electron chi connectivity index (χ2n) is 5.19. The van der Waals surface area contributed by atoms with Crippen LogP contribution in [0.5, 0.6) is 0 Å². The molecule has 1 fully saturated rings. The van der Waals surface area contributed by atoms with Crippen LogP contribution in [0.25, 0.3) is 0 Å². The van der Waals surface area contributed by atoms with Crippen molar-refractivity contribution in [2.75, 3.05) is 0 Å². The number of hydrogen-bond donors (Lipinski definition) is 0. The number of benzene rings is 1. The standard InChI is InChI=1S/C17H18O/c18-17-12-16(13-8-4-3-5-9-13)14-10-6-1-2-7-11-15(14)17/h1-5,8-9,11,14,16H,6-7,10,12H2/b2-1-,15-11+/t14?,16-/m0/s1. The second kappa shape index (κ2) is 4.93. The van der Waals surface area contributed by atoms with Gasteiger partial charge in [0, 0.05) is 6.42 Å². The van der Waals surface area contributed by atoms with Gasteiger partial charge in [0.05, 0.1) is 0 Å². The Morgan fingerprint density at radius 2 is 1.83 bits per heavy atom. The van der Waals surface area contributed by atoms with Gasteiger partial charge >= 0.3 is 0 Å². The minimum Gasteiger partial charge on any atom is -0.295 e. The maximum absolute atomic E-state index is 12.2. The normalized spacial score (nSPS) is 32.0. The Bertz CT molecular complexity index is 496. The number of Topliss-reactive ketones (excluding diaryl/α,β-unsaturated/α-hetero) is 1. The van der Waals surface area contributed by atoms with Crippen LogP contribution in [0.2, 0.25) is 0 Å². The number of hydrogen-bond acceptors (Lipinski definition) is 1. The summed E-state index contributed by atoms with van der Waals surface area (Å²) in [6.07, 6.45) is 10.4. The van der Waals surface area contributed by atoms with Crippen molar-refractivity contribution in [2.45, 2.75) is 31.6 Å². The van der Waals surface area contributed by atoms with Crippen molar-refractivity contribution in [3.63, 3.8) is 0 Å². The molecular weight excluding hydrogens is 220 g/mol. The molecule has 0 bridgehead atoms. The summed E-state index contributed by atoms with van der Waals surface area (Å²) >= 11 is 0. The van der Waals surface area contributed by atoms with Gasteiger partial charge in [-0.3, -0.25) is 4.79 Å². The molecule has 0 spiro atoms. The lowest BCUT2D eigenvalue weighted by atomic mass is 9.83. The topological polar surface area (TPSA) is 17.1 Å². The van der Waals surface area contributed by atoms with E-state index >= 15 is 0 Å². The Hall–Kier alpha value is -1.63. The molecule has 0 radical (unpaired) electrons. The van der Waals surface area contributed by atoms with Crippen LogP contribution < -0.4 is 0 Å². The SMILES string of the molecule is O=C1C[C@@H](c2ccccc2)C2CC/C=C\C/C=C/12. The zero-order valence-corrected chi connectivity index (χ0v) is 10.5. The average Bonchev–Trinajstić information content (AvgIpc) is 2.66. The molecule has 2 aliphatic rings. The zero-order valence-electron chi connectivity index (χ0n) is 10.5. The molecule has 1 aromatic carbocycles. The average molecular weight is 238 g/mol. The molecule has 0 heterocycles. The predicted octanol–water partition coefficient (Wildman–Crippen LogP) is 4.03. The van der Waals surface area contributed by atoms with Gasteiger partial charge in [0.2, 0.25) is 0 Å². The highest BCUT2D eigenvalue weighted by Crippen LogP contribution is 2.44. The molecule has 1 nitrogen and oxygen atoms in total. The van der Waals surface area contributed by atoms with Crippen molar-refractivity contribution in [1.82, 2.24) is 0 Å². The Balaban J connectivity index is 1.94. The van der Waals surface area contributed by atoms with E-state index in [1.807, 2.05) is 6.07 Å². The molecule has 0 saturated heterocycles. The smallest absolute Gasteiger partial charge is 0.159 e. The van der Waals surface area contributed by atoms with Crippen LogP contribution >= 0.6 is 0 Å². The largest absolute Gasteiger partial charge is 0.295 e. The van der Waals surface area contributed by atoms with Crippen LogP contribution in [-0.2, 0) is 4.79 Å². The van der Waals surface area contributed by atoms with Gasteiger partial charge in [0.25, 0.3) is 0 Å². The maximum Gasteiger partial charge on any atom is 0.159 e. The third kappa shape index (κ3) is 2.05. The summed E-state index contributed by atoms with van der Waals surface area (Å²) in [5, 5.41) is 0. The summed E-state index contributed by atoms with van der Waals surface area (Å²) in [6.45, 7) is 0. The van der Waals surface area contributed by atoms with Crippen molar-refractivity contribution in [2.24, 2.45) is 5.92 Å². The molecule has 3 rings (SSSR count). The fraction of sp³-hybridized carbons (Fsp3) is 0.353. The number of fused-ring (bicyclic) bond motifs is 1. The predicted molar refractivity (Wildman–Crippen MR) is 73.4 cm³/mol. The molecule has 18 heavy (non-hydrogen) atoms. The van der Waals surface area contributed by atoms with Crippen molar-refractivity contribution in [3.05, 3.63) is 59.7 Å². The van der Waals surface area contributed by atoms with E-state index in [1.165, 1.54) is 5.56 Å². The van der Waals surface area contributed by atoms with E-state index in [1.54, 1.807) is 0 Å². The Morgan fingerprint density at radius 1 is 1.00 bits per heavy atom. The van der Waals surface area contributed by atoms with Gasteiger partial charge in [-0.2, -0.15) is 0 Å². The molecule has 2 atom stereocenters. The summed E-state index contributed by atoms with van der Waals surface area (Å²) in [5.74, 6) is 1.20. The van der Waals surface area contributed by atoms with E-state index in [4.69, 9.17) is 0 Å². The van der Waals surface area contributed by atoms with Crippen molar-refractivity contribution in [1.29, 1.82) is 0 Å². The van der Waals surface area contributed by atoms with E-state index in [-0.39, 0.29) is 0 Å². The molecule has 0 aliphatic heterocycles. The highest BCUT2D eigenvalue weighted by molar-refractivity contribution is 5.99. The van der Waals surface area contributed by atoms with Gasteiger partial charge in [-0.1, -0.05) is 48.6 Å². The highest BCUT2D eigenvalue weighted by atomic mass is 16.1. The van der Waals surface area contributed by atoms with Crippen LogP contribution in [0.1, 0.15) is 37.2 Å². The lowest BCUT2D eigenvalue weighted by molar-refractivity contribution is -0.114. The Labute approximate surface area is 108 Å². The van der Waals surface area contributed by atoms with Gasteiger partial charge < -0.3 is 0 Å². The van der Waals surface area contributed by atoms with Gasteiger partial charge in [-0.25, -0.2) is 0 Å². The number of rotatable bonds is 1. The van der Waals surface area contributed by atoms with E-state index in [0.717, 1.165) is 24.8 Å². The van der Waals surface area contributed by atoms with Gasteiger partial charge in [-0.05, 0) is 42.2 Å². The fourth-order valence-electron chi connectivity index (χ4n) is 3.24. The molecule has 92 valence electrons. The summed E-state index contributed by atoms with van der Waals surface area (Å²) in [7, 11) is 0. The number of carbonyl (C=O) groups is 1. The quantitative estimate of drug-likeness (QED) is 0.675. The lowest BCUT2D eigenvalue weighted by Crippen LogP contribution is -2.08. The van der Waals surface area contributed by atoms with E-state index in [0.29, 0.717) is 24.0 Å². The molecule has 0 amide bonds. The first-order valence-electron chi connectivity index (χ1n) is 6.79. The molecule has 1 aromatic rings. The lowest BCUT2D eigenvalue weighted by Gasteiger charge is -2.20. The monoisotopic (exact) mass is 238 g/mol. The Kier molecular flexibility index (Phi) is 3.14. The molecule has 2 aliphatic carbocycles. The van der Waals surface area contributed by atoms with Gasteiger partial charge in [0.15, 0.2) is 5.78 Å². The summed E-state index contributed by atoms with van der Waals surface area (Å²) in [4.78, 5) is 12.2. The van der Waals surface area contributed by atoms with Crippen LogP contribution in [0.4, 0.5) is 0 Å². The zero-order chi connectivity index (χ0) is 12.4. The van der Waals surface area contributed by atoms with E-state index in [9.17, 15) is 4.79 Å². The van der Waals surface area contributed by atoms with Crippen LogP contribution in [0.3, 0.4) is 0 Å². The van der Waals surface area contributed by atoms with Crippen molar-refractivity contribution >= 4 is 5.78 Å². The van der Waals surface area contributed by atoms with E-state index < -0.39 is 0 Å². The molecule has 0 aromatic heterocycles. The highest BCUT2D eigenvalue weighted by Gasteiger charge is 2.37. The molecule has 1 saturated carbocycles. The van der Waals surface area contributed by atoms with E-state index in [2.05, 4.69) is 42.5 Å². The van der Waals surface area contributed by atoms with Gasteiger partial charge in [0.1, 0.15) is 0 Å². The third-order valence-corrected chi connectivity index (χ3v) is 4.13. The summed E-state index contributed by atoms with van der Waals surface area (Å²) in [5.41, 5.74) is 2.41. The number of ketones is 1. The van der Waals surface area contributed by atoms with Crippen LogP contribution in [-0.4, -0.2) is 5.78 Å². The fourth-order valence-corrected chi connectivity index (χ4v) is 3.24.